The molecule has 0 saturated carbocycles. The molecule has 0 bridgehead atoms. The molecule has 2 heteroatoms. The maximum absolute atomic E-state index is 2.38. The van der Waals surface area contributed by atoms with Crippen LogP contribution in [0.25, 0.3) is 0 Å². The summed E-state index contributed by atoms with van der Waals surface area (Å²) < 4.78 is 0. The zero-order valence-corrected chi connectivity index (χ0v) is 9.69. The van der Waals surface area contributed by atoms with Crippen LogP contribution in [0.3, 0.4) is 0 Å². The van der Waals surface area contributed by atoms with E-state index in [-0.39, 0.29) is 51.4 Å². The van der Waals surface area contributed by atoms with Gasteiger partial charge in [0.2, 0.25) is 0 Å². The van der Waals surface area contributed by atoms with Crippen LogP contribution in [0.15, 0.2) is 0 Å². The van der Waals surface area contributed by atoms with Crippen molar-refractivity contribution in [3.8, 4) is 0 Å². The molecule has 8 heavy (non-hydrogen) atoms. The van der Waals surface area contributed by atoms with Crippen LogP contribution in [0.2, 0.25) is 0 Å². The molecule has 0 amide bonds. The topological polar surface area (TPSA) is 3.24 Å². The van der Waals surface area contributed by atoms with E-state index in [1.807, 2.05) is 0 Å². The van der Waals surface area contributed by atoms with Gasteiger partial charge < -0.3 is 4.90 Å². The first kappa shape index (κ1) is 12.3. The van der Waals surface area contributed by atoms with Crippen molar-refractivity contribution in [2.45, 2.75) is 20.8 Å². The number of nitrogens with zero attached hydrogens (tertiary/aromatic N) is 1. The summed E-state index contributed by atoms with van der Waals surface area (Å²) in [6.07, 6.45) is 0. The largest absolute Gasteiger partial charge is 1.00 e. The van der Waals surface area contributed by atoms with E-state index in [0.717, 1.165) is 0 Å². The molecule has 0 N–H and O–H groups in total. The third kappa shape index (κ3) is 5.73. The van der Waals surface area contributed by atoms with Crippen molar-refractivity contribution in [2.24, 2.45) is 0 Å². The van der Waals surface area contributed by atoms with Gasteiger partial charge in [0.1, 0.15) is 0 Å². The summed E-state index contributed by atoms with van der Waals surface area (Å²) in [5.41, 5.74) is 0. The first-order valence-corrected chi connectivity index (χ1v) is 3.07. The average molecular weight is 140 g/mol. The third-order valence-electron chi connectivity index (χ3n) is 1.34. The van der Waals surface area contributed by atoms with Crippen LogP contribution in [-0.2, 0) is 0 Å². The fourth-order valence-corrected chi connectivity index (χ4v) is 0.671. The Morgan fingerprint density at radius 1 is 0.875 bits per heavy atom. The Labute approximate surface area is 95.2 Å². The molecule has 0 radical (unpaired) electrons. The molecule has 0 fully saturated rings. The summed E-state index contributed by atoms with van der Waals surface area (Å²) in [5, 5.41) is 0. The van der Waals surface area contributed by atoms with Crippen LogP contribution in [-0.4, -0.2) is 24.5 Å². The molecule has 1 nitrogen and oxygen atoms in total. The molecule has 0 atom stereocenters. The van der Waals surface area contributed by atoms with Crippen LogP contribution in [0.5, 0.6) is 0 Å². The molecule has 0 aliphatic heterocycles. The van der Waals surface area contributed by atoms with Crippen LogP contribution < -0.4 is 51.4 Å². The van der Waals surface area contributed by atoms with E-state index >= 15 is 0 Å². The zero-order valence-electron chi connectivity index (χ0n) is 6.57. The second kappa shape index (κ2) is 8.60. The Morgan fingerprint density at radius 2 is 1.12 bits per heavy atom. The molecule has 0 aromatic rings. The molecule has 0 aliphatic rings. The minimum Gasteiger partial charge on any atom is -0.304 e. The summed E-state index contributed by atoms with van der Waals surface area (Å²) in [6.45, 7) is 10.1. The predicted molar refractivity (Wildman–Crippen MR) is 33.5 cm³/mol. The standard InChI is InChI=1S/C6H15N.K/c1-4-7(5-2)6-3;/h4-6H2,1-3H3;/q;+1. The van der Waals surface area contributed by atoms with Gasteiger partial charge in [-0.05, 0) is 19.6 Å². The molecule has 0 aliphatic carbocycles. The minimum absolute atomic E-state index is 0. The normalized spacial score (nSPS) is 9.00. The third-order valence-corrected chi connectivity index (χ3v) is 1.34. The molecule has 0 rings (SSSR count). The van der Waals surface area contributed by atoms with E-state index in [1.165, 1.54) is 19.6 Å². The van der Waals surface area contributed by atoms with Gasteiger partial charge in [-0.25, -0.2) is 0 Å². The van der Waals surface area contributed by atoms with Crippen LogP contribution in [0.1, 0.15) is 20.8 Å². The Kier molecular flexibility index (Phi) is 13.2. The summed E-state index contributed by atoms with van der Waals surface area (Å²) in [7, 11) is 0. The molecule has 0 unspecified atom stereocenters. The first-order chi connectivity index (χ1) is 3.35. The Bertz CT molecular complexity index is 30.0. The molecule has 0 heterocycles. The van der Waals surface area contributed by atoms with Crippen molar-refractivity contribution in [1.82, 2.24) is 4.90 Å². The van der Waals surface area contributed by atoms with Gasteiger partial charge in [0.25, 0.3) is 0 Å². The van der Waals surface area contributed by atoms with Gasteiger partial charge in [-0.15, -0.1) is 0 Å². The molecule has 44 valence electrons. The van der Waals surface area contributed by atoms with Crippen LogP contribution in [0.4, 0.5) is 0 Å². The molecule has 0 aromatic heterocycles. The first-order valence-electron chi connectivity index (χ1n) is 3.07. The van der Waals surface area contributed by atoms with Crippen molar-refractivity contribution < 1.29 is 51.4 Å². The Morgan fingerprint density at radius 3 is 1.12 bits per heavy atom. The van der Waals surface area contributed by atoms with E-state index in [9.17, 15) is 0 Å². The zero-order chi connectivity index (χ0) is 5.70. The van der Waals surface area contributed by atoms with Crippen LogP contribution in [0, 0.1) is 0 Å². The maximum Gasteiger partial charge on any atom is 1.00 e. The summed E-state index contributed by atoms with van der Waals surface area (Å²) >= 11 is 0. The van der Waals surface area contributed by atoms with Gasteiger partial charge in [-0.3, -0.25) is 0 Å². The number of hydrogen-bond acceptors (Lipinski definition) is 1. The fraction of sp³-hybridized carbons (Fsp3) is 1.00. The Balaban J connectivity index is 0. The fourth-order valence-electron chi connectivity index (χ4n) is 0.671. The van der Waals surface area contributed by atoms with Crippen molar-refractivity contribution in [3.05, 3.63) is 0 Å². The van der Waals surface area contributed by atoms with E-state index in [1.54, 1.807) is 0 Å². The summed E-state index contributed by atoms with van der Waals surface area (Å²) in [5.74, 6) is 0. The summed E-state index contributed by atoms with van der Waals surface area (Å²) in [6, 6.07) is 0. The van der Waals surface area contributed by atoms with Gasteiger partial charge in [0, 0.05) is 0 Å². The van der Waals surface area contributed by atoms with E-state index < -0.39 is 0 Å². The molecule has 0 saturated heterocycles. The second-order valence-electron chi connectivity index (χ2n) is 1.62. The van der Waals surface area contributed by atoms with Gasteiger partial charge in [0.15, 0.2) is 0 Å². The number of hydrogen-bond donors (Lipinski definition) is 0. The molecule has 0 aromatic carbocycles. The maximum atomic E-state index is 2.38. The number of rotatable bonds is 3. The van der Waals surface area contributed by atoms with Gasteiger partial charge in [0.05, 0.1) is 0 Å². The predicted octanol–water partition coefficient (Wildman–Crippen LogP) is -1.65. The van der Waals surface area contributed by atoms with E-state index in [2.05, 4.69) is 25.7 Å². The molecular weight excluding hydrogens is 125 g/mol. The smallest absolute Gasteiger partial charge is 0.304 e. The minimum atomic E-state index is 0. The monoisotopic (exact) mass is 140 g/mol. The Hall–Kier alpha value is 1.60. The van der Waals surface area contributed by atoms with E-state index in [4.69, 9.17) is 0 Å². The van der Waals surface area contributed by atoms with Gasteiger partial charge in [-0.1, -0.05) is 20.8 Å². The van der Waals surface area contributed by atoms with Crippen molar-refractivity contribution in [1.29, 1.82) is 0 Å². The van der Waals surface area contributed by atoms with Crippen LogP contribution >= 0.6 is 0 Å². The average Bonchev–Trinajstić information content (AvgIpc) is 1.72. The second-order valence-corrected chi connectivity index (χ2v) is 1.62. The molecular formula is C6H15KN+. The molecule has 0 spiro atoms. The van der Waals surface area contributed by atoms with Crippen molar-refractivity contribution >= 4 is 0 Å². The van der Waals surface area contributed by atoms with Crippen molar-refractivity contribution in [2.75, 3.05) is 19.6 Å². The van der Waals surface area contributed by atoms with Gasteiger partial charge >= 0.3 is 51.4 Å². The SMILES string of the molecule is CCN(CC)CC.[K+]. The quantitative estimate of drug-likeness (QED) is 0.425. The van der Waals surface area contributed by atoms with Crippen molar-refractivity contribution in [3.63, 3.8) is 0 Å². The van der Waals surface area contributed by atoms with E-state index in [0.29, 0.717) is 0 Å². The summed E-state index contributed by atoms with van der Waals surface area (Å²) in [4.78, 5) is 2.38. The van der Waals surface area contributed by atoms with Gasteiger partial charge in [-0.2, -0.15) is 0 Å².